The molecule has 4 aromatic rings. The standard InChI is InChI=1S/C28H33N9OS/c1-29-28(39)32-22-6-4-21(5-7-22)25-33-26(36-13-15-38-16-14-36)24-18-31-37(27(24)34-25)23-8-11-35(12-9-23)19-20-3-2-10-30-17-20/h2-7,10,17-18,23H,8-9,11-16,19H2,1H3,(H2,29,32,39). The molecule has 2 aliphatic heterocycles. The predicted octanol–water partition coefficient (Wildman–Crippen LogP) is 3.48. The Bertz CT molecular complexity index is 1410. The van der Waals surface area contributed by atoms with Gasteiger partial charge < -0.3 is 20.3 Å². The molecule has 0 atom stereocenters. The lowest BCUT2D eigenvalue weighted by atomic mass is 10.0. The molecule has 2 saturated heterocycles. The number of aromatic nitrogens is 5. The molecule has 0 radical (unpaired) electrons. The fraction of sp³-hybridized carbons (Fsp3) is 0.393. The van der Waals surface area contributed by atoms with Crippen molar-refractivity contribution in [3.63, 3.8) is 0 Å². The largest absolute Gasteiger partial charge is 0.378 e. The van der Waals surface area contributed by atoms with Crippen LogP contribution in [0.4, 0.5) is 11.5 Å². The Hall–Kier alpha value is -3.67. The van der Waals surface area contributed by atoms with Gasteiger partial charge in [0, 0.05) is 63.4 Å². The molecule has 39 heavy (non-hydrogen) atoms. The number of thiocarbonyl (C=S) groups is 1. The van der Waals surface area contributed by atoms with Crippen molar-refractivity contribution >= 4 is 39.9 Å². The van der Waals surface area contributed by atoms with Crippen molar-refractivity contribution in [1.82, 2.24) is 34.9 Å². The molecule has 0 bridgehead atoms. The zero-order chi connectivity index (χ0) is 26.6. The van der Waals surface area contributed by atoms with E-state index in [2.05, 4.69) is 36.2 Å². The fourth-order valence-electron chi connectivity index (χ4n) is 5.29. The maximum absolute atomic E-state index is 5.62. The van der Waals surface area contributed by atoms with E-state index in [9.17, 15) is 0 Å². The van der Waals surface area contributed by atoms with Crippen LogP contribution in [0.2, 0.25) is 0 Å². The van der Waals surface area contributed by atoms with Crippen LogP contribution in [0.5, 0.6) is 0 Å². The summed E-state index contributed by atoms with van der Waals surface area (Å²) in [7, 11) is 1.80. The Kier molecular flexibility index (Phi) is 7.62. The minimum Gasteiger partial charge on any atom is -0.378 e. The van der Waals surface area contributed by atoms with E-state index in [4.69, 9.17) is 32.0 Å². The second kappa shape index (κ2) is 11.6. The lowest BCUT2D eigenvalue weighted by Gasteiger charge is -2.32. The summed E-state index contributed by atoms with van der Waals surface area (Å²) >= 11 is 5.23. The molecule has 3 aromatic heterocycles. The maximum atomic E-state index is 5.62. The van der Waals surface area contributed by atoms with Gasteiger partial charge in [-0.05, 0) is 61.0 Å². The highest BCUT2D eigenvalue weighted by atomic mass is 32.1. The lowest BCUT2D eigenvalue weighted by molar-refractivity contribution is 0.122. The molecular formula is C28H33N9OS. The van der Waals surface area contributed by atoms with Gasteiger partial charge in [-0.15, -0.1) is 0 Å². The van der Waals surface area contributed by atoms with Crippen LogP contribution in [0.25, 0.3) is 22.4 Å². The first-order chi connectivity index (χ1) is 19.2. The first kappa shape index (κ1) is 25.6. The van der Waals surface area contributed by atoms with Crippen LogP contribution in [-0.4, -0.2) is 81.2 Å². The molecule has 2 aliphatic rings. The molecule has 11 heteroatoms. The normalized spacial score (nSPS) is 16.9. The SMILES string of the molecule is CNC(=S)Nc1ccc(-c2nc(N3CCOCC3)c3cnn(C4CCN(Cc5cccnc5)CC4)c3n2)cc1. The van der Waals surface area contributed by atoms with Crippen molar-refractivity contribution in [2.24, 2.45) is 0 Å². The van der Waals surface area contributed by atoms with E-state index in [1.807, 2.05) is 48.9 Å². The summed E-state index contributed by atoms with van der Waals surface area (Å²) in [6.07, 6.45) is 7.77. The number of hydrogen-bond acceptors (Lipinski definition) is 8. The van der Waals surface area contributed by atoms with E-state index in [0.717, 1.165) is 73.7 Å². The number of rotatable bonds is 6. The van der Waals surface area contributed by atoms with E-state index in [1.54, 1.807) is 7.05 Å². The van der Waals surface area contributed by atoms with Gasteiger partial charge in [0.1, 0.15) is 5.82 Å². The zero-order valence-electron chi connectivity index (χ0n) is 22.1. The zero-order valence-corrected chi connectivity index (χ0v) is 22.9. The first-order valence-electron chi connectivity index (χ1n) is 13.5. The van der Waals surface area contributed by atoms with Gasteiger partial charge in [-0.3, -0.25) is 9.88 Å². The lowest BCUT2D eigenvalue weighted by Crippen LogP contribution is -2.37. The minimum atomic E-state index is 0.294. The maximum Gasteiger partial charge on any atom is 0.170 e. The van der Waals surface area contributed by atoms with E-state index >= 15 is 0 Å². The Morgan fingerprint density at radius 2 is 1.82 bits per heavy atom. The third-order valence-corrected chi connectivity index (χ3v) is 7.71. The van der Waals surface area contributed by atoms with Crippen LogP contribution in [0.3, 0.4) is 0 Å². The van der Waals surface area contributed by atoms with Crippen molar-refractivity contribution in [1.29, 1.82) is 0 Å². The topological polar surface area (TPSA) is 96.3 Å². The highest BCUT2D eigenvalue weighted by Crippen LogP contribution is 2.32. The van der Waals surface area contributed by atoms with Gasteiger partial charge in [-0.25, -0.2) is 14.6 Å². The average Bonchev–Trinajstić information content (AvgIpc) is 3.42. The third-order valence-electron chi connectivity index (χ3n) is 7.40. The quantitative estimate of drug-likeness (QED) is 0.352. The minimum absolute atomic E-state index is 0.294. The summed E-state index contributed by atoms with van der Waals surface area (Å²) in [5.41, 5.74) is 4.01. The number of hydrogen-bond donors (Lipinski definition) is 2. The van der Waals surface area contributed by atoms with Gasteiger partial charge in [-0.1, -0.05) is 6.07 Å². The number of anilines is 2. The number of ether oxygens (including phenoxy) is 1. The van der Waals surface area contributed by atoms with Crippen LogP contribution >= 0.6 is 12.2 Å². The molecule has 10 nitrogen and oxygen atoms in total. The number of benzene rings is 1. The number of pyridine rings is 1. The third kappa shape index (κ3) is 5.70. The molecule has 2 N–H and O–H groups in total. The van der Waals surface area contributed by atoms with E-state index in [-0.39, 0.29) is 0 Å². The van der Waals surface area contributed by atoms with Crippen LogP contribution < -0.4 is 15.5 Å². The number of nitrogens with zero attached hydrogens (tertiary/aromatic N) is 7. The highest BCUT2D eigenvalue weighted by Gasteiger charge is 2.26. The molecule has 0 amide bonds. The van der Waals surface area contributed by atoms with Gasteiger partial charge in [0.15, 0.2) is 16.6 Å². The molecule has 1 aromatic carbocycles. The average molecular weight is 544 g/mol. The summed E-state index contributed by atoms with van der Waals surface area (Å²) in [6, 6.07) is 12.5. The predicted molar refractivity (Wildman–Crippen MR) is 157 cm³/mol. The Morgan fingerprint density at radius 3 is 2.54 bits per heavy atom. The Labute approximate surface area is 233 Å². The second-order valence-corrected chi connectivity index (χ2v) is 10.4. The summed E-state index contributed by atoms with van der Waals surface area (Å²) in [5, 5.41) is 12.5. The van der Waals surface area contributed by atoms with E-state index in [1.165, 1.54) is 5.56 Å². The van der Waals surface area contributed by atoms with Gasteiger partial charge in [-0.2, -0.15) is 5.10 Å². The van der Waals surface area contributed by atoms with E-state index < -0.39 is 0 Å². The molecule has 0 aliphatic carbocycles. The van der Waals surface area contributed by atoms with Crippen molar-refractivity contribution in [2.75, 3.05) is 56.7 Å². The molecule has 5 heterocycles. The molecule has 6 rings (SSSR count). The number of morpholine rings is 1. The van der Waals surface area contributed by atoms with Gasteiger partial charge in [0.2, 0.25) is 0 Å². The van der Waals surface area contributed by atoms with Crippen molar-refractivity contribution in [2.45, 2.75) is 25.4 Å². The Balaban J connectivity index is 1.29. The van der Waals surface area contributed by atoms with Crippen molar-refractivity contribution < 1.29 is 4.74 Å². The molecule has 0 spiro atoms. The van der Waals surface area contributed by atoms with Gasteiger partial charge in [0.25, 0.3) is 0 Å². The summed E-state index contributed by atoms with van der Waals surface area (Å²) in [6.45, 7) is 5.93. The molecule has 202 valence electrons. The number of fused-ring (bicyclic) bond motifs is 1. The van der Waals surface area contributed by atoms with Crippen LogP contribution in [-0.2, 0) is 11.3 Å². The number of nitrogens with one attached hydrogen (secondary N) is 2. The van der Waals surface area contributed by atoms with Gasteiger partial charge >= 0.3 is 0 Å². The number of piperidine rings is 1. The highest BCUT2D eigenvalue weighted by molar-refractivity contribution is 7.80. The van der Waals surface area contributed by atoms with Crippen LogP contribution in [0, 0.1) is 0 Å². The monoisotopic (exact) mass is 543 g/mol. The van der Waals surface area contributed by atoms with Crippen LogP contribution in [0.1, 0.15) is 24.4 Å². The smallest absolute Gasteiger partial charge is 0.170 e. The van der Waals surface area contributed by atoms with Crippen molar-refractivity contribution in [3.05, 3.63) is 60.6 Å². The second-order valence-electron chi connectivity index (χ2n) is 9.95. The Morgan fingerprint density at radius 1 is 1.03 bits per heavy atom. The van der Waals surface area contributed by atoms with Gasteiger partial charge in [0.05, 0.1) is 30.8 Å². The number of likely N-dealkylation sites (tertiary alicyclic amines) is 1. The summed E-state index contributed by atoms with van der Waals surface area (Å²) in [4.78, 5) is 19.2. The summed E-state index contributed by atoms with van der Waals surface area (Å²) < 4.78 is 7.75. The van der Waals surface area contributed by atoms with Crippen molar-refractivity contribution in [3.8, 4) is 11.4 Å². The van der Waals surface area contributed by atoms with Crippen LogP contribution in [0.15, 0.2) is 55.0 Å². The summed E-state index contributed by atoms with van der Waals surface area (Å²) in [5.74, 6) is 1.62. The molecular weight excluding hydrogens is 510 g/mol. The first-order valence-corrected chi connectivity index (χ1v) is 13.9. The van der Waals surface area contributed by atoms with E-state index in [0.29, 0.717) is 30.2 Å². The molecule has 0 saturated carbocycles. The fourth-order valence-corrected chi connectivity index (χ4v) is 5.41. The molecule has 0 unspecified atom stereocenters. The molecule has 2 fully saturated rings.